The molecule has 0 saturated heterocycles. The van der Waals surface area contributed by atoms with Crippen molar-refractivity contribution < 1.29 is 14.6 Å². The number of ether oxygens (including phenoxy) is 1. The van der Waals surface area contributed by atoms with Gasteiger partial charge < -0.3 is 20.5 Å². The summed E-state index contributed by atoms with van der Waals surface area (Å²) < 4.78 is 5.09. The van der Waals surface area contributed by atoms with E-state index in [0.29, 0.717) is 17.9 Å². The molecule has 0 bridgehead atoms. The second kappa shape index (κ2) is 7.95. The van der Waals surface area contributed by atoms with Gasteiger partial charge >= 0.3 is 0 Å². The summed E-state index contributed by atoms with van der Waals surface area (Å²) in [6.45, 7) is 4.53. The summed E-state index contributed by atoms with van der Waals surface area (Å²) >= 11 is 0. The van der Waals surface area contributed by atoms with Gasteiger partial charge in [-0.3, -0.25) is 4.79 Å². The lowest BCUT2D eigenvalue weighted by Gasteiger charge is -2.23. The van der Waals surface area contributed by atoms with Crippen LogP contribution in [0.4, 0.5) is 5.69 Å². The quantitative estimate of drug-likeness (QED) is 0.731. The molecule has 0 spiro atoms. The second-order valence-corrected chi connectivity index (χ2v) is 6.28. The minimum Gasteiger partial charge on any atom is -0.497 e. The fraction of sp³-hybridized carbons (Fsp3) is 0.316. The van der Waals surface area contributed by atoms with Crippen molar-refractivity contribution in [1.82, 2.24) is 5.32 Å². The Balaban J connectivity index is 2.01. The number of methoxy groups -OCH3 is 1. The summed E-state index contributed by atoms with van der Waals surface area (Å²) in [7, 11) is 1.59. The fourth-order valence-corrected chi connectivity index (χ4v) is 2.10. The highest BCUT2D eigenvalue weighted by Crippen LogP contribution is 2.15. The zero-order valence-electron chi connectivity index (χ0n) is 14.3. The van der Waals surface area contributed by atoms with Crippen LogP contribution in [-0.4, -0.2) is 30.3 Å². The highest BCUT2D eigenvalue weighted by atomic mass is 16.5. The average Bonchev–Trinajstić information content (AvgIpc) is 2.60. The molecule has 3 N–H and O–H groups in total. The highest BCUT2D eigenvalue weighted by molar-refractivity contribution is 6.04. The molecule has 2 rings (SSSR count). The van der Waals surface area contributed by atoms with Gasteiger partial charge in [-0.15, -0.1) is 0 Å². The molecule has 0 saturated carbocycles. The van der Waals surface area contributed by atoms with Crippen molar-refractivity contribution >= 4 is 11.6 Å². The molecule has 0 aliphatic carbocycles. The van der Waals surface area contributed by atoms with Crippen LogP contribution in [0.15, 0.2) is 48.5 Å². The Bertz CT molecular complexity index is 681. The Labute approximate surface area is 142 Å². The molecule has 0 aromatic heterocycles. The smallest absolute Gasteiger partial charge is 0.255 e. The van der Waals surface area contributed by atoms with E-state index in [9.17, 15) is 9.90 Å². The van der Waals surface area contributed by atoms with Crippen LogP contribution in [0, 0.1) is 0 Å². The van der Waals surface area contributed by atoms with E-state index in [2.05, 4.69) is 10.6 Å². The van der Waals surface area contributed by atoms with E-state index < -0.39 is 0 Å². The van der Waals surface area contributed by atoms with Gasteiger partial charge in [0, 0.05) is 23.3 Å². The van der Waals surface area contributed by atoms with E-state index in [0.717, 1.165) is 11.3 Å². The van der Waals surface area contributed by atoms with Gasteiger partial charge in [0.1, 0.15) is 5.75 Å². The average molecular weight is 328 g/mol. The lowest BCUT2D eigenvalue weighted by atomic mass is 10.1. The van der Waals surface area contributed by atoms with Crippen molar-refractivity contribution in [3.63, 3.8) is 0 Å². The molecule has 128 valence electrons. The first-order valence-electron chi connectivity index (χ1n) is 7.84. The molecule has 0 fully saturated rings. The van der Waals surface area contributed by atoms with E-state index >= 15 is 0 Å². The van der Waals surface area contributed by atoms with E-state index in [1.165, 1.54) is 0 Å². The minimum absolute atomic E-state index is 0.0564. The van der Waals surface area contributed by atoms with Gasteiger partial charge in [0.05, 0.1) is 13.7 Å². The SMILES string of the molecule is COc1ccc(C(=O)Nc2cccc(CNC(C)(C)CO)c2)cc1. The van der Waals surface area contributed by atoms with Gasteiger partial charge in [-0.2, -0.15) is 0 Å². The van der Waals surface area contributed by atoms with Crippen molar-refractivity contribution in [3.8, 4) is 5.75 Å². The normalized spacial score (nSPS) is 11.2. The van der Waals surface area contributed by atoms with Crippen LogP contribution in [-0.2, 0) is 6.54 Å². The third-order valence-corrected chi connectivity index (χ3v) is 3.70. The molecule has 2 aromatic rings. The van der Waals surface area contributed by atoms with Crippen LogP contribution < -0.4 is 15.4 Å². The van der Waals surface area contributed by atoms with Crippen LogP contribution >= 0.6 is 0 Å². The highest BCUT2D eigenvalue weighted by Gasteiger charge is 2.15. The van der Waals surface area contributed by atoms with Gasteiger partial charge in [0.2, 0.25) is 0 Å². The number of benzene rings is 2. The molecular weight excluding hydrogens is 304 g/mol. The first kappa shape index (κ1) is 18.0. The molecule has 0 atom stereocenters. The largest absolute Gasteiger partial charge is 0.497 e. The minimum atomic E-state index is -0.345. The van der Waals surface area contributed by atoms with Crippen LogP contribution in [0.1, 0.15) is 29.8 Å². The summed E-state index contributed by atoms with van der Waals surface area (Å²) in [5.41, 5.74) is 1.99. The van der Waals surface area contributed by atoms with Gasteiger partial charge in [0.15, 0.2) is 0 Å². The summed E-state index contributed by atoms with van der Waals surface area (Å²) in [4.78, 5) is 12.3. The fourth-order valence-electron chi connectivity index (χ4n) is 2.10. The van der Waals surface area contributed by atoms with Crippen molar-refractivity contribution in [2.45, 2.75) is 25.9 Å². The summed E-state index contributed by atoms with van der Waals surface area (Å²) in [6.07, 6.45) is 0. The molecule has 5 nitrogen and oxygen atoms in total. The van der Waals surface area contributed by atoms with E-state index in [4.69, 9.17) is 4.74 Å². The van der Waals surface area contributed by atoms with E-state index in [-0.39, 0.29) is 18.1 Å². The molecule has 1 amide bonds. The van der Waals surface area contributed by atoms with Crippen molar-refractivity contribution in [2.24, 2.45) is 0 Å². The predicted octanol–water partition coefficient (Wildman–Crippen LogP) is 2.81. The third-order valence-electron chi connectivity index (χ3n) is 3.70. The van der Waals surface area contributed by atoms with Crippen LogP contribution in [0.25, 0.3) is 0 Å². The maximum Gasteiger partial charge on any atom is 0.255 e. The monoisotopic (exact) mass is 328 g/mol. The Morgan fingerprint density at radius 3 is 2.50 bits per heavy atom. The molecule has 0 aliphatic rings. The van der Waals surface area contributed by atoms with Gasteiger partial charge in [-0.1, -0.05) is 12.1 Å². The number of nitrogens with one attached hydrogen (secondary N) is 2. The third kappa shape index (κ3) is 5.08. The topological polar surface area (TPSA) is 70.6 Å². The lowest BCUT2D eigenvalue weighted by Crippen LogP contribution is -2.42. The number of rotatable bonds is 7. The molecule has 0 aliphatic heterocycles. The zero-order valence-corrected chi connectivity index (χ0v) is 14.3. The standard InChI is InChI=1S/C19H24N2O3/c1-19(2,13-22)20-12-14-5-4-6-16(11-14)21-18(23)15-7-9-17(24-3)10-8-15/h4-11,20,22H,12-13H2,1-3H3,(H,21,23). The van der Waals surface area contributed by atoms with Gasteiger partial charge in [0.25, 0.3) is 5.91 Å². The molecule has 0 heterocycles. The second-order valence-electron chi connectivity index (χ2n) is 6.28. The van der Waals surface area contributed by atoms with Crippen LogP contribution in [0.2, 0.25) is 0 Å². The number of amides is 1. The molecule has 0 radical (unpaired) electrons. The molecular formula is C19H24N2O3. The van der Waals surface area contributed by atoms with Gasteiger partial charge in [-0.05, 0) is 55.8 Å². The maximum atomic E-state index is 12.3. The zero-order chi connectivity index (χ0) is 17.6. The number of aliphatic hydroxyl groups excluding tert-OH is 1. The Morgan fingerprint density at radius 2 is 1.88 bits per heavy atom. The van der Waals surface area contributed by atoms with Crippen molar-refractivity contribution in [2.75, 3.05) is 19.0 Å². The van der Waals surface area contributed by atoms with Crippen LogP contribution in [0.3, 0.4) is 0 Å². The first-order valence-corrected chi connectivity index (χ1v) is 7.84. The number of anilines is 1. The molecule has 24 heavy (non-hydrogen) atoms. The molecule has 2 aromatic carbocycles. The van der Waals surface area contributed by atoms with Crippen molar-refractivity contribution in [3.05, 3.63) is 59.7 Å². The number of aliphatic hydroxyl groups is 1. The lowest BCUT2D eigenvalue weighted by molar-refractivity contribution is 0.102. The predicted molar refractivity (Wildman–Crippen MR) is 95.4 cm³/mol. The Kier molecular flexibility index (Phi) is 5.95. The first-order chi connectivity index (χ1) is 11.4. The summed E-state index contributed by atoms with van der Waals surface area (Å²) in [5.74, 6) is 0.546. The maximum absolute atomic E-state index is 12.3. The Morgan fingerprint density at radius 1 is 1.17 bits per heavy atom. The van der Waals surface area contributed by atoms with E-state index in [1.54, 1.807) is 31.4 Å². The summed E-state index contributed by atoms with van der Waals surface area (Å²) in [5, 5.41) is 15.4. The van der Waals surface area contributed by atoms with Crippen LogP contribution in [0.5, 0.6) is 5.75 Å². The molecule has 5 heteroatoms. The van der Waals surface area contributed by atoms with Crippen molar-refractivity contribution in [1.29, 1.82) is 0 Å². The number of carbonyl (C=O) groups is 1. The van der Waals surface area contributed by atoms with E-state index in [1.807, 2.05) is 38.1 Å². The summed E-state index contributed by atoms with van der Waals surface area (Å²) in [6, 6.07) is 14.6. The number of carbonyl (C=O) groups excluding carboxylic acids is 1. The van der Waals surface area contributed by atoms with Gasteiger partial charge in [-0.25, -0.2) is 0 Å². The number of hydrogen-bond acceptors (Lipinski definition) is 4. The molecule has 0 unspecified atom stereocenters. The number of hydrogen-bond donors (Lipinski definition) is 3. The Hall–Kier alpha value is -2.37.